The molecular weight excluding hydrogens is 406 g/mol. The largest absolute Gasteiger partial charge is 0.398 e. The molecule has 4 N–H and O–H groups in total. The van der Waals surface area contributed by atoms with E-state index < -0.39 is 6.10 Å². The van der Waals surface area contributed by atoms with Crippen LogP contribution >= 0.6 is 0 Å². The lowest BCUT2D eigenvalue weighted by molar-refractivity contribution is -0.124. The summed E-state index contributed by atoms with van der Waals surface area (Å²) in [5.74, 6) is 0.0306. The van der Waals surface area contributed by atoms with Gasteiger partial charge in [-0.15, -0.1) is 0 Å². The summed E-state index contributed by atoms with van der Waals surface area (Å²) in [7, 11) is 1.68. The van der Waals surface area contributed by atoms with Gasteiger partial charge in [0.25, 0.3) is 11.5 Å². The second kappa shape index (κ2) is 8.84. The normalized spacial score (nSPS) is 15.5. The highest BCUT2D eigenvalue weighted by atomic mass is 16.5. The van der Waals surface area contributed by atoms with Crippen LogP contribution in [0.2, 0.25) is 0 Å². The SMILES string of the molecule is Cc1ccc(Nc2nc(-c3cccc(N)c3C)cn(C)c2=O)cc1NC(=O)C1CCCO1. The van der Waals surface area contributed by atoms with Gasteiger partial charge in [0.15, 0.2) is 5.82 Å². The van der Waals surface area contributed by atoms with Gasteiger partial charge in [0.1, 0.15) is 6.10 Å². The fourth-order valence-corrected chi connectivity index (χ4v) is 3.72. The minimum absolute atomic E-state index is 0.157. The van der Waals surface area contributed by atoms with Gasteiger partial charge in [-0.3, -0.25) is 9.59 Å². The van der Waals surface area contributed by atoms with Crippen LogP contribution in [0.1, 0.15) is 24.0 Å². The molecule has 0 aliphatic carbocycles. The molecule has 1 amide bonds. The fourth-order valence-electron chi connectivity index (χ4n) is 3.72. The molecular formula is C24H27N5O3. The van der Waals surface area contributed by atoms with Crippen molar-refractivity contribution in [2.24, 2.45) is 7.05 Å². The van der Waals surface area contributed by atoms with Gasteiger partial charge in [-0.05, 0) is 56.0 Å². The number of hydrogen-bond acceptors (Lipinski definition) is 6. The lowest BCUT2D eigenvalue weighted by atomic mass is 10.0. The second-order valence-corrected chi connectivity index (χ2v) is 8.06. The number of carbonyl (C=O) groups excluding carboxylic acids is 1. The molecule has 1 saturated heterocycles. The number of rotatable bonds is 5. The summed E-state index contributed by atoms with van der Waals surface area (Å²) in [5, 5.41) is 6.04. The molecule has 4 rings (SSSR count). The van der Waals surface area contributed by atoms with E-state index in [0.717, 1.165) is 29.5 Å². The number of carbonyl (C=O) groups is 1. The van der Waals surface area contributed by atoms with E-state index in [0.29, 0.717) is 29.4 Å². The Morgan fingerprint density at radius 3 is 2.81 bits per heavy atom. The van der Waals surface area contributed by atoms with Gasteiger partial charge < -0.3 is 25.7 Å². The summed E-state index contributed by atoms with van der Waals surface area (Å²) in [6.07, 6.45) is 2.88. The number of hydrogen-bond donors (Lipinski definition) is 3. The summed E-state index contributed by atoms with van der Waals surface area (Å²) in [5.41, 5.74) is 11.1. The molecule has 1 aliphatic heterocycles. The van der Waals surface area contributed by atoms with Crippen LogP contribution in [-0.4, -0.2) is 28.2 Å². The van der Waals surface area contributed by atoms with Crippen LogP contribution in [0.15, 0.2) is 47.4 Å². The molecule has 1 aliphatic rings. The number of aromatic nitrogens is 2. The van der Waals surface area contributed by atoms with Crippen molar-refractivity contribution in [3.05, 3.63) is 64.1 Å². The van der Waals surface area contributed by atoms with Crippen molar-refractivity contribution < 1.29 is 9.53 Å². The van der Waals surface area contributed by atoms with Gasteiger partial charge in [0, 0.05) is 42.5 Å². The Hall–Kier alpha value is -3.65. The Morgan fingerprint density at radius 2 is 2.06 bits per heavy atom. The zero-order chi connectivity index (χ0) is 22.8. The maximum Gasteiger partial charge on any atom is 0.293 e. The van der Waals surface area contributed by atoms with Crippen LogP contribution in [0.4, 0.5) is 22.9 Å². The number of nitrogens with one attached hydrogen (secondary N) is 2. The molecule has 0 radical (unpaired) electrons. The molecule has 8 heteroatoms. The first-order chi connectivity index (χ1) is 15.3. The van der Waals surface area contributed by atoms with Crippen LogP contribution < -0.4 is 21.9 Å². The van der Waals surface area contributed by atoms with E-state index in [9.17, 15) is 9.59 Å². The first kappa shape index (κ1) is 21.6. The van der Waals surface area contributed by atoms with Gasteiger partial charge in [0.05, 0.1) is 5.69 Å². The quantitative estimate of drug-likeness (QED) is 0.531. The molecule has 1 fully saturated rings. The van der Waals surface area contributed by atoms with E-state index in [2.05, 4.69) is 15.6 Å². The Kier molecular flexibility index (Phi) is 5.96. The minimum atomic E-state index is -0.418. The molecule has 32 heavy (non-hydrogen) atoms. The molecule has 166 valence electrons. The first-order valence-corrected chi connectivity index (χ1v) is 10.6. The van der Waals surface area contributed by atoms with Crippen molar-refractivity contribution in [3.63, 3.8) is 0 Å². The van der Waals surface area contributed by atoms with E-state index in [1.54, 1.807) is 19.3 Å². The van der Waals surface area contributed by atoms with Gasteiger partial charge in [-0.1, -0.05) is 18.2 Å². The summed E-state index contributed by atoms with van der Waals surface area (Å²) >= 11 is 0. The van der Waals surface area contributed by atoms with Crippen LogP contribution in [0, 0.1) is 13.8 Å². The van der Waals surface area contributed by atoms with Crippen molar-refractivity contribution >= 4 is 28.8 Å². The third-order valence-corrected chi connectivity index (χ3v) is 5.70. The van der Waals surface area contributed by atoms with Crippen molar-refractivity contribution in [3.8, 4) is 11.3 Å². The van der Waals surface area contributed by atoms with E-state index in [1.807, 2.05) is 44.2 Å². The number of amides is 1. The predicted molar refractivity (Wildman–Crippen MR) is 126 cm³/mol. The molecule has 1 atom stereocenters. The van der Waals surface area contributed by atoms with Gasteiger partial charge >= 0.3 is 0 Å². The van der Waals surface area contributed by atoms with E-state index in [-0.39, 0.29) is 17.3 Å². The van der Waals surface area contributed by atoms with Gasteiger partial charge in [0.2, 0.25) is 0 Å². The molecule has 0 spiro atoms. The maximum atomic E-state index is 12.7. The van der Waals surface area contributed by atoms with Crippen LogP contribution in [-0.2, 0) is 16.6 Å². The molecule has 2 aromatic carbocycles. The van der Waals surface area contributed by atoms with Crippen molar-refractivity contribution in [1.29, 1.82) is 0 Å². The lowest BCUT2D eigenvalue weighted by Gasteiger charge is -2.15. The molecule has 0 bridgehead atoms. The zero-order valence-electron chi connectivity index (χ0n) is 18.4. The zero-order valence-corrected chi connectivity index (χ0v) is 18.4. The van der Waals surface area contributed by atoms with Crippen LogP contribution in [0.5, 0.6) is 0 Å². The Morgan fingerprint density at radius 1 is 1.25 bits per heavy atom. The molecule has 8 nitrogen and oxygen atoms in total. The third kappa shape index (κ3) is 4.36. The molecule has 0 saturated carbocycles. The van der Waals surface area contributed by atoms with Gasteiger partial charge in [-0.25, -0.2) is 4.98 Å². The summed E-state index contributed by atoms with van der Waals surface area (Å²) in [4.78, 5) is 29.8. The van der Waals surface area contributed by atoms with E-state index >= 15 is 0 Å². The third-order valence-electron chi connectivity index (χ3n) is 5.70. The molecule has 3 aromatic rings. The highest BCUT2D eigenvalue weighted by molar-refractivity contribution is 5.95. The molecule has 2 heterocycles. The number of benzene rings is 2. The lowest BCUT2D eigenvalue weighted by Crippen LogP contribution is -2.27. The summed E-state index contributed by atoms with van der Waals surface area (Å²) < 4.78 is 6.95. The van der Waals surface area contributed by atoms with Crippen molar-refractivity contribution in [2.45, 2.75) is 32.8 Å². The number of nitrogen functional groups attached to an aromatic ring is 1. The fraction of sp³-hybridized carbons (Fsp3) is 0.292. The first-order valence-electron chi connectivity index (χ1n) is 10.6. The number of nitrogens with zero attached hydrogens (tertiary/aromatic N) is 2. The minimum Gasteiger partial charge on any atom is -0.398 e. The van der Waals surface area contributed by atoms with Crippen molar-refractivity contribution in [1.82, 2.24) is 9.55 Å². The topological polar surface area (TPSA) is 111 Å². The summed E-state index contributed by atoms with van der Waals surface area (Å²) in [6.45, 7) is 4.44. The van der Waals surface area contributed by atoms with E-state index in [4.69, 9.17) is 10.5 Å². The molecule has 1 aromatic heterocycles. The molecule has 1 unspecified atom stereocenters. The Balaban J connectivity index is 1.64. The highest BCUT2D eigenvalue weighted by Gasteiger charge is 2.24. The number of nitrogens with two attached hydrogens (primary N) is 1. The average molecular weight is 434 g/mol. The van der Waals surface area contributed by atoms with E-state index in [1.165, 1.54) is 4.57 Å². The van der Waals surface area contributed by atoms with Crippen LogP contribution in [0.3, 0.4) is 0 Å². The number of aryl methyl sites for hydroxylation is 2. The highest BCUT2D eigenvalue weighted by Crippen LogP contribution is 2.27. The Bertz CT molecular complexity index is 1230. The second-order valence-electron chi connectivity index (χ2n) is 8.06. The maximum absolute atomic E-state index is 12.7. The van der Waals surface area contributed by atoms with Crippen LogP contribution in [0.25, 0.3) is 11.3 Å². The van der Waals surface area contributed by atoms with Gasteiger partial charge in [-0.2, -0.15) is 0 Å². The van der Waals surface area contributed by atoms with Crippen molar-refractivity contribution in [2.75, 3.05) is 23.0 Å². The monoisotopic (exact) mass is 433 g/mol. The number of anilines is 4. The standard InChI is InChI=1S/C24H27N5O3/c1-14-9-10-16(12-19(14)28-23(30)21-8-5-11-32-21)26-22-24(31)29(3)13-20(27-22)17-6-4-7-18(25)15(17)2/h4,6-7,9-10,12-13,21H,5,8,11,25H2,1-3H3,(H,26,27)(H,28,30). The predicted octanol–water partition coefficient (Wildman–Crippen LogP) is 3.51. The average Bonchev–Trinajstić information content (AvgIpc) is 3.31. The number of ether oxygens (including phenoxy) is 1. The smallest absolute Gasteiger partial charge is 0.293 e. The summed E-state index contributed by atoms with van der Waals surface area (Å²) in [6, 6.07) is 11.1. The Labute approximate surface area is 186 Å².